The Morgan fingerprint density at radius 2 is 1.62 bits per heavy atom. The number of nitrogens with zero attached hydrogens (tertiary/aromatic N) is 2. The molecule has 8 heteroatoms. The highest BCUT2D eigenvalue weighted by atomic mass is 16.7. The molecule has 0 saturated carbocycles. The van der Waals surface area contributed by atoms with Crippen LogP contribution in [0.3, 0.4) is 0 Å². The summed E-state index contributed by atoms with van der Waals surface area (Å²) in [7, 11) is 3.20. The van der Waals surface area contributed by atoms with Crippen LogP contribution < -0.4 is 23.7 Å². The molecule has 39 heavy (non-hydrogen) atoms. The van der Waals surface area contributed by atoms with Crippen molar-refractivity contribution in [3.63, 3.8) is 0 Å². The van der Waals surface area contributed by atoms with Gasteiger partial charge in [-0.05, 0) is 47.2 Å². The lowest BCUT2D eigenvalue weighted by Gasteiger charge is -2.28. The molecule has 0 aliphatic carbocycles. The number of fused-ring (bicyclic) bond motifs is 7. The molecule has 0 atom stereocenters. The predicted octanol–water partition coefficient (Wildman–Crippen LogP) is 5.25. The fourth-order valence-electron chi connectivity index (χ4n) is 5.52. The van der Waals surface area contributed by atoms with Crippen LogP contribution in [0.15, 0.2) is 60.7 Å². The van der Waals surface area contributed by atoms with Gasteiger partial charge in [0.2, 0.25) is 12.7 Å². The smallest absolute Gasteiger partial charge is 0.260 e. The van der Waals surface area contributed by atoms with Crippen LogP contribution in [0.4, 0.5) is 0 Å². The van der Waals surface area contributed by atoms with Crippen molar-refractivity contribution >= 4 is 38.4 Å². The van der Waals surface area contributed by atoms with Crippen LogP contribution in [0.1, 0.15) is 11.1 Å². The highest BCUT2D eigenvalue weighted by Crippen LogP contribution is 2.43. The summed E-state index contributed by atoms with van der Waals surface area (Å²) in [5.41, 5.74) is 3.20. The van der Waals surface area contributed by atoms with E-state index in [1.54, 1.807) is 14.2 Å². The Hall–Kier alpha value is -4.72. The summed E-state index contributed by atoms with van der Waals surface area (Å²) in [5.74, 6) is 2.80. The van der Waals surface area contributed by atoms with E-state index in [1.165, 1.54) is 11.1 Å². The maximum absolute atomic E-state index is 13.2. The number of ether oxygens (including phenoxy) is 5. The highest BCUT2D eigenvalue weighted by molar-refractivity contribution is 6.17. The van der Waals surface area contributed by atoms with E-state index < -0.39 is 0 Å². The lowest BCUT2D eigenvalue weighted by molar-refractivity contribution is -0.134. The molecular formula is C31H26N2O6. The third-order valence-corrected chi connectivity index (χ3v) is 7.56. The summed E-state index contributed by atoms with van der Waals surface area (Å²) < 4.78 is 28.6. The van der Waals surface area contributed by atoms with Crippen molar-refractivity contribution in [2.45, 2.75) is 13.0 Å². The molecule has 1 amide bonds. The van der Waals surface area contributed by atoms with Gasteiger partial charge in [-0.25, -0.2) is 4.98 Å². The number of hydrogen-bond donors (Lipinski definition) is 0. The molecule has 0 saturated heterocycles. The van der Waals surface area contributed by atoms with Crippen molar-refractivity contribution in [3.8, 4) is 28.9 Å². The summed E-state index contributed by atoms with van der Waals surface area (Å²) >= 11 is 0. The Bertz CT molecular complexity index is 1780. The van der Waals surface area contributed by atoms with E-state index in [4.69, 9.17) is 28.7 Å². The van der Waals surface area contributed by atoms with E-state index in [-0.39, 0.29) is 19.3 Å². The van der Waals surface area contributed by atoms with Crippen molar-refractivity contribution in [2.75, 3.05) is 34.2 Å². The number of pyridine rings is 1. The van der Waals surface area contributed by atoms with Crippen LogP contribution in [0.25, 0.3) is 32.4 Å². The van der Waals surface area contributed by atoms with Crippen LogP contribution in [-0.2, 0) is 17.8 Å². The van der Waals surface area contributed by atoms with Gasteiger partial charge in [-0.15, -0.1) is 0 Å². The number of carbonyl (C=O) groups excluding carboxylic acids is 1. The number of rotatable bonds is 5. The number of carbonyl (C=O) groups is 1. The molecule has 196 valence electrons. The molecule has 3 heterocycles. The second-order valence-corrected chi connectivity index (χ2v) is 9.68. The third-order valence-electron chi connectivity index (χ3n) is 7.56. The summed E-state index contributed by atoms with van der Waals surface area (Å²) in [6, 6.07) is 20.0. The minimum absolute atomic E-state index is 0.0821. The van der Waals surface area contributed by atoms with Crippen molar-refractivity contribution in [1.29, 1.82) is 0 Å². The number of amides is 1. The van der Waals surface area contributed by atoms with Crippen molar-refractivity contribution in [3.05, 3.63) is 71.8 Å². The SMILES string of the molecule is COc1cc2c(OCC(=O)N3CCc4ccccc4C3)nc3c4cc5c(cc4ccc3c2cc1OC)OCO5. The molecule has 1 aromatic heterocycles. The van der Waals surface area contributed by atoms with Gasteiger partial charge < -0.3 is 28.6 Å². The van der Waals surface area contributed by atoms with Gasteiger partial charge in [-0.2, -0.15) is 0 Å². The maximum atomic E-state index is 13.2. The van der Waals surface area contributed by atoms with Gasteiger partial charge in [0.1, 0.15) is 0 Å². The van der Waals surface area contributed by atoms with E-state index in [9.17, 15) is 4.79 Å². The van der Waals surface area contributed by atoms with E-state index in [0.29, 0.717) is 42.0 Å². The fourth-order valence-corrected chi connectivity index (χ4v) is 5.52. The number of aromatic nitrogens is 1. The lowest BCUT2D eigenvalue weighted by Crippen LogP contribution is -2.38. The van der Waals surface area contributed by atoms with E-state index >= 15 is 0 Å². The van der Waals surface area contributed by atoms with Gasteiger partial charge in [-0.1, -0.05) is 36.4 Å². The zero-order chi connectivity index (χ0) is 26.5. The number of methoxy groups -OCH3 is 2. The quantitative estimate of drug-likeness (QED) is 0.292. The van der Waals surface area contributed by atoms with Gasteiger partial charge in [0.15, 0.2) is 29.6 Å². The van der Waals surface area contributed by atoms with Crippen LogP contribution >= 0.6 is 0 Å². The monoisotopic (exact) mass is 522 g/mol. The molecule has 4 aromatic carbocycles. The molecule has 8 nitrogen and oxygen atoms in total. The maximum Gasteiger partial charge on any atom is 0.260 e. The normalized spacial score (nSPS) is 14.1. The zero-order valence-corrected chi connectivity index (χ0v) is 21.7. The topological polar surface area (TPSA) is 79.4 Å². The zero-order valence-electron chi connectivity index (χ0n) is 21.7. The largest absolute Gasteiger partial charge is 0.493 e. The molecule has 5 aromatic rings. The first kappa shape index (κ1) is 23.4. The van der Waals surface area contributed by atoms with Gasteiger partial charge in [0.05, 0.1) is 19.7 Å². The van der Waals surface area contributed by atoms with Crippen molar-refractivity contribution in [1.82, 2.24) is 9.88 Å². The van der Waals surface area contributed by atoms with Crippen molar-refractivity contribution < 1.29 is 28.5 Å². The summed E-state index contributed by atoms with van der Waals surface area (Å²) in [4.78, 5) is 20.0. The van der Waals surface area contributed by atoms with Crippen molar-refractivity contribution in [2.24, 2.45) is 0 Å². The lowest BCUT2D eigenvalue weighted by atomic mass is 10.00. The van der Waals surface area contributed by atoms with Gasteiger partial charge in [-0.3, -0.25) is 4.79 Å². The molecule has 0 bridgehead atoms. The van der Waals surface area contributed by atoms with Crippen LogP contribution in [0.2, 0.25) is 0 Å². The Labute approximate surface area is 224 Å². The molecule has 0 radical (unpaired) electrons. The van der Waals surface area contributed by atoms with Crippen LogP contribution in [0.5, 0.6) is 28.9 Å². The molecule has 0 unspecified atom stereocenters. The molecule has 2 aliphatic heterocycles. The minimum atomic E-state index is -0.124. The van der Waals surface area contributed by atoms with E-state index in [2.05, 4.69) is 12.1 Å². The molecule has 0 spiro atoms. The average Bonchev–Trinajstić information content (AvgIpc) is 3.45. The van der Waals surface area contributed by atoms with Gasteiger partial charge in [0, 0.05) is 34.6 Å². The molecular weight excluding hydrogens is 496 g/mol. The number of hydrogen-bond acceptors (Lipinski definition) is 7. The van der Waals surface area contributed by atoms with E-state index in [0.717, 1.165) is 38.9 Å². The molecule has 2 aliphatic rings. The molecule has 0 N–H and O–H groups in total. The second kappa shape index (κ2) is 9.23. The number of benzene rings is 4. The first-order chi connectivity index (χ1) is 19.1. The van der Waals surface area contributed by atoms with Gasteiger partial charge >= 0.3 is 0 Å². The Balaban J connectivity index is 1.32. The summed E-state index contributed by atoms with van der Waals surface area (Å²) in [6.07, 6.45) is 0.832. The fraction of sp³-hybridized carbons (Fsp3) is 0.226. The summed E-state index contributed by atoms with van der Waals surface area (Å²) in [5, 5.41) is 4.40. The Kier molecular flexibility index (Phi) is 5.54. The van der Waals surface area contributed by atoms with Crippen LogP contribution in [-0.4, -0.2) is 50.0 Å². The highest BCUT2D eigenvalue weighted by Gasteiger charge is 2.23. The minimum Gasteiger partial charge on any atom is -0.493 e. The Morgan fingerprint density at radius 1 is 0.872 bits per heavy atom. The van der Waals surface area contributed by atoms with Crippen LogP contribution in [0, 0.1) is 0 Å². The Morgan fingerprint density at radius 3 is 2.41 bits per heavy atom. The molecule has 0 fully saturated rings. The van der Waals surface area contributed by atoms with Gasteiger partial charge in [0.25, 0.3) is 5.91 Å². The summed E-state index contributed by atoms with van der Waals surface area (Å²) in [6.45, 7) is 1.30. The van der Waals surface area contributed by atoms with E-state index in [1.807, 2.05) is 53.4 Å². The predicted molar refractivity (Wildman–Crippen MR) is 147 cm³/mol. The first-order valence-corrected chi connectivity index (χ1v) is 12.8. The third kappa shape index (κ3) is 3.91. The standard InChI is InChI=1S/C31H26N2O6/c1-35-25-13-23-21-8-7-19-11-27-28(39-17-38-27)12-22(19)30(21)32-31(24(23)14-26(25)36-2)37-16-29(34)33-10-9-18-5-3-4-6-20(18)15-33/h3-8,11-14H,9-10,15-17H2,1-2H3. The average molecular weight is 523 g/mol. The first-order valence-electron chi connectivity index (χ1n) is 12.8. The molecule has 7 rings (SSSR count). The second-order valence-electron chi connectivity index (χ2n) is 9.68.